The van der Waals surface area contributed by atoms with Gasteiger partial charge in [-0.2, -0.15) is 0 Å². The predicted molar refractivity (Wildman–Crippen MR) is 103 cm³/mol. The molecule has 26 heavy (non-hydrogen) atoms. The van der Waals surface area contributed by atoms with Gasteiger partial charge in [-0.25, -0.2) is 0 Å². The van der Waals surface area contributed by atoms with Gasteiger partial charge in [0.1, 0.15) is 5.75 Å². The molecule has 0 spiro atoms. The van der Waals surface area contributed by atoms with Gasteiger partial charge in [0, 0.05) is 34.5 Å². The van der Waals surface area contributed by atoms with E-state index in [1.165, 1.54) is 23.5 Å². The summed E-state index contributed by atoms with van der Waals surface area (Å²) >= 11 is 3.05. The average Bonchev–Trinajstić information content (AvgIpc) is 3.33. The molecule has 3 aromatic rings. The summed E-state index contributed by atoms with van der Waals surface area (Å²) in [6.07, 6.45) is 0. The SMILES string of the molecule is CN(Cc1cccs1)C(=O)COc1ccc([N+](=O)[O-])cc1-c1cccs1. The highest BCUT2D eigenvalue weighted by Crippen LogP contribution is 2.36. The third-order valence-electron chi connectivity index (χ3n) is 3.71. The van der Waals surface area contributed by atoms with Crippen LogP contribution in [-0.2, 0) is 11.3 Å². The number of amides is 1. The molecule has 0 N–H and O–H groups in total. The molecule has 8 heteroatoms. The van der Waals surface area contributed by atoms with Crippen molar-refractivity contribution >= 4 is 34.3 Å². The zero-order valence-electron chi connectivity index (χ0n) is 14.0. The minimum Gasteiger partial charge on any atom is -0.483 e. The lowest BCUT2D eigenvalue weighted by Gasteiger charge is -2.17. The van der Waals surface area contributed by atoms with Crippen molar-refractivity contribution in [3.05, 3.63) is 68.2 Å². The van der Waals surface area contributed by atoms with Gasteiger partial charge in [0.15, 0.2) is 6.61 Å². The van der Waals surface area contributed by atoms with E-state index in [1.807, 2.05) is 35.0 Å². The Morgan fingerprint density at radius 3 is 2.62 bits per heavy atom. The van der Waals surface area contributed by atoms with Crippen molar-refractivity contribution in [3.63, 3.8) is 0 Å². The van der Waals surface area contributed by atoms with Crippen LogP contribution in [0.4, 0.5) is 5.69 Å². The Kier molecular flexibility index (Phi) is 5.65. The quantitative estimate of drug-likeness (QED) is 0.444. The smallest absolute Gasteiger partial charge is 0.270 e. The van der Waals surface area contributed by atoms with Crippen LogP contribution in [0.1, 0.15) is 4.88 Å². The van der Waals surface area contributed by atoms with Crippen LogP contribution in [-0.4, -0.2) is 29.4 Å². The van der Waals surface area contributed by atoms with Crippen LogP contribution in [0.15, 0.2) is 53.2 Å². The van der Waals surface area contributed by atoms with Crippen molar-refractivity contribution in [2.24, 2.45) is 0 Å². The van der Waals surface area contributed by atoms with Crippen molar-refractivity contribution in [1.82, 2.24) is 4.90 Å². The first kappa shape index (κ1) is 18.1. The molecular formula is C18H16N2O4S2. The second kappa shape index (κ2) is 8.11. The van der Waals surface area contributed by atoms with Crippen molar-refractivity contribution in [1.29, 1.82) is 0 Å². The number of hydrogen-bond acceptors (Lipinski definition) is 6. The van der Waals surface area contributed by atoms with Gasteiger partial charge >= 0.3 is 0 Å². The van der Waals surface area contributed by atoms with Gasteiger partial charge in [-0.15, -0.1) is 22.7 Å². The van der Waals surface area contributed by atoms with Crippen molar-refractivity contribution in [3.8, 4) is 16.2 Å². The highest BCUT2D eigenvalue weighted by atomic mass is 32.1. The molecular weight excluding hydrogens is 372 g/mol. The van der Waals surface area contributed by atoms with Crippen LogP contribution in [0, 0.1) is 10.1 Å². The topological polar surface area (TPSA) is 72.7 Å². The summed E-state index contributed by atoms with van der Waals surface area (Å²) in [6, 6.07) is 12.0. The maximum Gasteiger partial charge on any atom is 0.270 e. The third-order valence-corrected chi connectivity index (χ3v) is 5.47. The molecule has 0 atom stereocenters. The molecule has 0 fully saturated rings. The van der Waals surface area contributed by atoms with Gasteiger partial charge in [-0.05, 0) is 29.0 Å². The van der Waals surface area contributed by atoms with Crippen LogP contribution >= 0.6 is 22.7 Å². The molecule has 0 unspecified atom stereocenters. The lowest BCUT2D eigenvalue weighted by molar-refractivity contribution is -0.384. The first-order valence-electron chi connectivity index (χ1n) is 7.76. The number of carbonyl (C=O) groups is 1. The van der Waals surface area contributed by atoms with E-state index in [-0.39, 0.29) is 18.2 Å². The molecule has 2 heterocycles. The number of nitro benzene ring substituents is 1. The van der Waals surface area contributed by atoms with Gasteiger partial charge in [0.05, 0.1) is 11.5 Å². The summed E-state index contributed by atoms with van der Waals surface area (Å²) < 4.78 is 5.69. The zero-order valence-corrected chi connectivity index (χ0v) is 15.6. The number of likely N-dealkylation sites (N-methyl/N-ethyl adjacent to an activating group) is 1. The number of nitro groups is 1. The number of hydrogen-bond donors (Lipinski definition) is 0. The lowest BCUT2D eigenvalue weighted by atomic mass is 10.1. The summed E-state index contributed by atoms with van der Waals surface area (Å²) in [4.78, 5) is 26.5. The van der Waals surface area contributed by atoms with Gasteiger partial charge in [-0.1, -0.05) is 12.1 Å². The summed E-state index contributed by atoms with van der Waals surface area (Å²) in [5.41, 5.74) is 0.602. The molecule has 6 nitrogen and oxygen atoms in total. The Morgan fingerprint density at radius 2 is 1.96 bits per heavy atom. The summed E-state index contributed by atoms with van der Waals surface area (Å²) in [6.45, 7) is 0.399. The highest BCUT2D eigenvalue weighted by Gasteiger charge is 2.16. The summed E-state index contributed by atoms with van der Waals surface area (Å²) in [7, 11) is 1.72. The average molecular weight is 388 g/mol. The number of thiophene rings is 2. The van der Waals surface area contributed by atoms with E-state index in [2.05, 4.69) is 0 Å². The van der Waals surface area contributed by atoms with E-state index in [0.717, 1.165) is 9.75 Å². The van der Waals surface area contributed by atoms with Gasteiger partial charge in [-0.3, -0.25) is 14.9 Å². The number of rotatable bonds is 7. The highest BCUT2D eigenvalue weighted by molar-refractivity contribution is 7.13. The van der Waals surface area contributed by atoms with E-state index in [0.29, 0.717) is 17.9 Å². The van der Waals surface area contributed by atoms with Gasteiger partial charge in [0.2, 0.25) is 0 Å². The minimum absolute atomic E-state index is 0.0121. The second-order valence-corrected chi connectivity index (χ2v) is 7.51. The number of ether oxygens (including phenoxy) is 1. The molecule has 0 aliphatic heterocycles. The molecule has 2 aromatic heterocycles. The molecule has 0 aliphatic rings. The molecule has 1 aromatic carbocycles. The van der Waals surface area contributed by atoms with Crippen LogP contribution in [0.25, 0.3) is 10.4 Å². The molecule has 134 valence electrons. The number of carbonyl (C=O) groups excluding carboxylic acids is 1. The largest absolute Gasteiger partial charge is 0.483 e. The Balaban J connectivity index is 1.73. The predicted octanol–water partition coefficient (Wildman–Crippen LogP) is 4.42. The van der Waals surface area contributed by atoms with Gasteiger partial charge < -0.3 is 9.64 Å². The fourth-order valence-electron chi connectivity index (χ4n) is 2.36. The molecule has 0 saturated carbocycles. The number of benzene rings is 1. The van der Waals surface area contributed by atoms with E-state index < -0.39 is 4.92 Å². The fraction of sp³-hybridized carbons (Fsp3) is 0.167. The second-order valence-electron chi connectivity index (χ2n) is 5.53. The van der Waals surface area contributed by atoms with Crippen molar-refractivity contribution in [2.75, 3.05) is 13.7 Å². The van der Waals surface area contributed by atoms with Crippen LogP contribution in [0.5, 0.6) is 5.75 Å². The Morgan fingerprint density at radius 1 is 1.19 bits per heavy atom. The maximum atomic E-state index is 12.3. The standard InChI is InChI=1S/C18H16N2O4S2/c1-19(11-14-4-2-8-25-14)18(21)12-24-16-7-6-13(20(22)23)10-15(16)17-5-3-9-26-17/h2-10H,11-12H2,1H3. The summed E-state index contributed by atoms with van der Waals surface area (Å²) in [5.74, 6) is 0.296. The summed E-state index contributed by atoms with van der Waals surface area (Å²) in [5, 5.41) is 14.9. The van der Waals surface area contributed by atoms with E-state index in [1.54, 1.807) is 29.4 Å². The Labute approximate surface area is 158 Å². The lowest BCUT2D eigenvalue weighted by Crippen LogP contribution is -2.30. The molecule has 0 bridgehead atoms. The first-order valence-corrected chi connectivity index (χ1v) is 9.52. The molecule has 0 aliphatic carbocycles. The minimum atomic E-state index is -0.444. The molecule has 0 saturated heterocycles. The van der Waals surface area contributed by atoms with Gasteiger partial charge in [0.25, 0.3) is 11.6 Å². The van der Waals surface area contributed by atoms with Crippen molar-refractivity contribution in [2.45, 2.75) is 6.54 Å². The molecule has 0 radical (unpaired) electrons. The van der Waals surface area contributed by atoms with E-state index in [9.17, 15) is 14.9 Å². The monoisotopic (exact) mass is 388 g/mol. The maximum absolute atomic E-state index is 12.3. The fourth-order valence-corrected chi connectivity index (χ4v) is 3.86. The van der Waals surface area contributed by atoms with Crippen LogP contribution in [0.2, 0.25) is 0 Å². The van der Waals surface area contributed by atoms with E-state index in [4.69, 9.17) is 4.74 Å². The van der Waals surface area contributed by atoms with Crippen LogP contribution in [0.3, 0.4) is 0 Å². The Hall–Kier alpha value is -2.71. The molecule has 1 amide bonds. The van der Waals surface area contributed by atoms with Crippen molar-refractivity contribution < 1.29 is 14.5 Å². The van der Waals surface area contributed by atoms with E-state index >= 15 is 0 Å². The Bertz CT molecular complexity index is 892. The zero-order chi connectivity index (χ0) is 18.5. The third kappa shape index (κ3) is 4.27. The number of nitrogens with zero attached hydrogens (tertiary/aromatic N) is 2. The normalized spacial score (nSPS) is 10.5. The van der Waals surface area contributed by atoms with Crippen LogP contribution < -0.4 is 4.74 Å². The molecule has 3 rings (SSSR count). The first-order chi connectivity index (χ1) is 12.5. The number of non-ortho nitro benzene ring substituents is 1.